The summed E-state index contributed by atoms with van der Waals surface area (Å²) < 4.78 is 73.4. The predicted molar refractivity (Wildman–Crippen MR) is 81.7 cm³/mol. The van der Waals surface area contributed by atoms with E-state index in [-0.39, 0.29) is 11.4 Å². The van der Waals surface area contributed by atoms with Crippen molar-refractivity contribution in [2.75, 3.05) is 11.8 Å². The van der Waals surface area contributed by atoms with E-state index in [1.807, 2.05) is 0 Å². The molecule has 2 aromatic rings. The number of sulfonamides is 1. The van der Waals surface area contributed by atoms with Crippen LogP contribution in [0.15, 0.2) is 47.4 Å². The Labute approximate surface area is 137 Å². The summed E-state index contributed by atoms with van der Waals surface area (Å²) in [6, 6.07) is 9.24. The summed E-state index contributed by atoms with van der Waals surface area (Å²) in [7, 11) is -2.97. The van der Waals surface area contributed by atoms with Crippen LogP contribution in [0.1, 0.15) is 5.56 Å². The minimum absolute atomic E-state index is 0.110. The van der Waals surface area contributed by atoms with Gasteiger partial charge in [-0.05, 0) is 36.8 Å². The first kappa shape index (κ1) is 17.9. The van der Waals surface area contributed by atoms with Crippen molar-refractivity contribution >= 4 is 15.7 Å². The molecule has 0 spiro atoms. The van der Waals surface area contributed by atoms with Crippen molar-refractivity contribution in [3.8, 4) is 11.5 Å². The van der Waals surface area contributed by atoms with Gasteiger partial charge in [0.2, 0.25) is 0 Å². The second-order valence-electron chi connectivity index (χ2n) is 4.80. The Morgan fingerprint density at radius 3 is 2.33 bits per heavy atom. The van der Waals surface area contributed by atoms with E-state index < -0.39 is 27.0 Å². The fourth-order valence-corrected chi connectivity index (χ4v) is 3.17. The van der Waals surface area contributed by atoms with Crippen molar-refractivity contribution < 1.29 is 31.1 Å². The first-order valence-corrected chi connectivity index (χ1v) is 8.13. The minimum atomic E-state index is -5.01. The van der Waals surface area contributed by atoms with E-state index in [1.54, 1.807) is 19.1 Å². The zero-order valence-electron chi connectivity index (χ0n) is 12.7. The van der Waals surface area contributed by atoms with Crippen molar-refractivity contribution in [2.45, 2.75) is 18.2 Å². The molecular formula is C15H14F3NO4S. The van der Waals surface area contributed by atoms with Gasteiger partial charge in [-0.2, -0.15) is 0 Å². The number of rotatable bonds is 5. The number of aryl methyl sites for hydroxylation is 1. The standard InChI is InChI=1S/C15H14F3NO4S/c1-10-7-8-12(22-2)11(9-10)19-24(20,21)14-6-4-3-5-13(14)23-15(16,17)18/h3-9,19H,1-2H3. The lowest BCUT2D eigenvalue weighted by atomic mass is 10.2. The van der Waals surface area contributed by atoms with Crippen molar-refractivity contribution in [3.63, 3.8) is 0 Å². The van der Waals surface area contributed by atoms with Gasteiger partial charge in [-0.1, -0.05) is 18.2 Å². The van der Waals surface area contributed by atoms with Gasteiger partial charge in [0.1, 0.15) is 16.4 Å². The van der Waals surface area contributed by atoms with Crippen LogP contribution in [0.25, 0.3) is 0 Å². The van der Waals surface area contributed by atoms with Crippen molar-refractivity contribution in [2.24, 2.45) is 0 Å². The third-order valence-corrected chi connectivity index (χ3v) is 4.37. The van der Waals surface area contributed by atoms with Crippen molar-refractivity contribution in [1.29, 1.82) is 0 Å². The average molecular weight is 361 g/mol. The molecule has 24 heavy (non-hydrogen) atoms. The highest BCUT2D eigenvalue weighted by Gasteiger charge is 2.34. The molecule has 0 radical (unpaired) electrons. The van der Waals surface area contributed by atoms with Gasteiger partial charge in [0.25, 0.3) is 10.0 Å². The smallest absolute Gasteiger partial charge is 0.495 e. The number of para-hydroxylation sites is 1. The second-order valence-corrected chi connectivity index (χ2v) is 6.45. The summed E-state index contributed by atoms with van der Waals surface area (Å²) in [5.74, 6) is -0.581. The number of halogens is 3. The van der Waals surface area contributed by atoms with Gasteiger partial charge < -0.3 is 9.47 Å². The van der Waals surface area contributed by atoms with Gasteiger partial charge in [-0.25, -0.2) is 8.42 Å². The number of nitrogens with one attached hydrogen (secondary N) is 1. The number of anilines is 1. The number of benzene rings is 2. The maximum Gasteiger partial charge on any atom is 0.573 e. The summed E-state index contributed by atoms with van der Waals surface area (Å²) in [5, 5.41) is 0. The van der Waals surface area contributed by atoms with Crippen LogP contribution in [0, 0.1) is 6.92 Å². The van der Waals surface area contributed by atoms with Gasteiger partial charge in [0.15, 0.2) is 0 Å². The van der Waals surface area contributed by atoms with Crippen molar-refractivity contribution in [3.05, 3.63) is 48.0 Å². The van der Waals surface area contributed by atoms with Crippen LogP contribution in [0.2, 0.25) is 0 Å². The van der Waals surface area contributed by atoms with Gasteiger partial charge in [-0.15, -0.1) is 13.2 Å². The monoisotopic (exact) mass is 361 g/mol. The normalized spacial score (nSPS) is 11.9. The molecular weight excluding hydrogens is 347 g/mol. The Balaban J connectivity index is 2.44. The molecule has 130 valence electrons. The first-order valence-electron chi connectivity index (χ1n) is 6.64. The van der Waals surface area contributed by atoms with E-state index in [0.717, 1.165) is 17.7 Å². The Morgan fingerprint density at radius 1 is 1.04 bits per heavy atom. The second kappa shape index (κ2) is 6.60. The summed E-state index contributed by atoms with van der Waals surface area (Å²) >= 11 is 0. The molecule has 0 aromatic heterocycles. The Kier molecular flexibility index (Phi) is 4.93. The fourth-order valence-electron chi connectivity index (χ4n) is 1.98. The lowest BCUT2D eigenvalue weighted by Crippen LogP contribution is -2.21. The molecule has 5 nitrogen and oxygen atoms in total. The maximum absolute atomic E-state index is 12.5. The van der Waals surface area contributed by atoms with Gasteiger partial charge in [0, 0.05) is 0 Å². The lowest BCUT2D eigenvalue weighted by Gasteiger charge is -2.16. The average Bonchev–Trinajstić information content (AvgIpc) is 2.46. The first-order chi connectivity index (χ1) is 11.1. The van der Waals surface area contributed by atoms with Crippen LogP contribution >= 0.6 is 0 Å². The largest absolute Gasteiger partial charge is 0.573 e. The maximum atomic E-state index is 12.5. The molecule has 2 rings (SSSR count). The summed E-state index contributed by atoms with van der Waals surface area (Å²) in [6.07, 6.45) is -5.01. The Bertz CT molecular complexity index is 835. The number of hydrogen-bond acceptors (Lipinski definition) is 4. The molecule has 0 atom stereocenters. The predicted octanol–water partition coefficient (Wildman–Crippen LogP) is 3.70. The number of alkyl halides is 3. The quantitative estimate of drug-likeness (QED) is 0.882. The molecule has 0 fully saturated rings. The van der Waals surface area contributed by atoms with Gasteiger partial charge >= 0.3 is 6.36 Å². The van der Waals surface area contributed by atoms with E-state index in [1.165, 1.54) is 25.3 Å². The molecule has 0 saturated carbocycles. The molecule has 0 unspecified atom stereocenters. The van der Waals surface area contributed by atoms with Crippen LogP contribution < -0.4 is 14.2 Å². The molecule has 0 aliphatic heterocycles. The SMILES string of the molecule is COc1ccc(C)cc1NS(=O)(=O)c1ccccc1OC(F)(F)F. The Hall–Kier alpha value is -2.42. The van der Waals surface area contributed by atoms with E-state index in [2.05, 4.69) is 9.46 Å². The molecule has 2 aromatic carbocycles. The van der Waals surface area contributed by atoms with Crippen LogP contribution in [-0.4, -0.2) is 21.9 Å². The summed E-state index contributed by atoms with van der Waals surface area (Å²) in [4.78, 5) is -0.633. The highest BCUT2D eigenvalue weighted by molar-refractivity contribution is 7.92. The lowest BCUT2D eigenvalue weighted by molar-refractivity contribution is -0.275. The third-order valence-electron chi connectivity index (χ3n) is 2.96. The van der Waals surface area contributed by atoms with Crippen LogP contribution in [0.3, 0.4) is 0 Å². The topological polar surface area (TPSA) is 64.6 Å². The number of methoxy groups -OCH3 is 1. The fraction of sp³-hybridized carbons (Fsp3) is 0.200. The van der Waals surface area contributed by atoms with E-state index >= 15 is 0 Å². The molecule has 1 N–H and O–H groups in total. The highest BCUT2D eigenvalue weighted by atomic mass is 32.2. The van der Waals surface area contributed by atoms with Gasteiger partial charge in [0.05, 0.1) is 12.8 Å². The Morgan fingerprint density at radius 2 is 1.71 bits per heavy atom. The van der Waals surface area contributed by atoms with Crippen LogP contribution in [0.5, 0.6) is 11.5 Å². The molecule has 0 aliphatic carbocycles. The molecule has 0 saturated heterocycles. The minimum Gasteiger partial charge on any atom is -0.495 e. The summed E-state index contributed by atoms with van der Waals surface area (Å²) in [6.45, 7) is 1.73. The van der Waals surface area contributed by atoms with E-state index in [0.29, 0.717) is 0 Å². The van der Waals surface area contributed by atoms with E-state index in [9.17, 15) is 21.6 Å². The number of ether oxygens (including phenoxy) is 2. The van der Waals surface area contributed by atoms with Gasteiger partial charge in [-0.3, -0.25) is 4.72 Å². The zero-order valence-corrected chi connectivity index (χ0v) is 13.5. The molecule has 0 aliphatic rings. The van der Waals surface area contributed by atoms with Crippen LogP contribution in [-0.2, 0) is 10.0 Å². The van der Waals surface area contributed by atoms with Crippen molar-refractivity contribution in [1.82, 2.24) is 0 Å². The number of hydrogen-bond donors (Lipinski definition) is 1. The zero-order chi connectivity index (χ0) is 18.0. The highest BCUT2D eigenvalue weighted by Crippen LogP contribution is 2.33. The van der Waals surface area contributed by atoms with Crippen LogP contribution in [0.4, 0.5) is 18.9 Å². The molecule has 0 heterocycles. The molecule has 0 bridgehead atoms. The third kappa shape index (κ3) is 4.31. The summed E-state index contributed by atoms with van der Waals surface area (Å²) in [5.41, 5.74) is 0.854. The van der Waals surface area contributed by atoms with E-state index in [4.69, 9.17) is 4.74 Å². The molecule has 9 heteroatoms. The molecule has 0 amide bonds.